The number of sulfone groups is 1. The summed E-state index contributed by atoms with van der Waals surface area (Å²) < 4.78 is 31.9. The van der Waals surface area contributed by atoms with Crippen molar-refractivity contribution in [3.63, 3.8) is 0 Å². The molecule has 0 unspecified atom stereocenters. The van der Waals surface area contributed by atoms with Gasteiger partial charge in [0.25, 0.3) is 5.91 Å². The third-order valence-corrected chi connectivity index (χ3v) is 8.61. The Bertz CT molecular complexity index is 1420. The molecule has 0 aliphatic carbocycles. The van der Waals surface area contributed by atoms with Crippen LogP contribution in [0.4, 0.5) is 0 Å². The Labute approximate surface area is 210 Å². The van der Waals surface area contributed by atoms with Gasteiger partial charge in [0.2, 0.25) is 0 Å². The number of hydrogen-bond donors (Lipinski definition) is 0. The van der Waals surface area contributed by atoms with Crippen LogP contribution in [0.1, 0.15) is 22.9 Å². The van der Waals surface area contributed by atoms with Crippen molar-refractivity contribution in [2.24, 2.45) is 0 Å². The summed E-state index contributed by atoms with van der Waals surface area (Å²) in [4.78, 5) is 31.7. The molecule has 35 heavy (non-hydrogen) atoms. The smallest absolute Gasteiger partial charge is 0.356 e. The van der Waals surface area contributed by atoms with Crippen LogP contribution >= 0.6 is 15.9 Å². The highest BCUT2D eigenvalue weighted by atomic mass is 79.9. The summed E-state index contributed by atoms with van der Waals surface area (Å²) in [5, 5.41) is -1.27. The fourth-order valence-electron chi connectivity index (χ4n) is 4.16. The largest absolute Gasteiger partial charge is 0.448 e. The Kier molecular flexibility index (Phi) is 6.12. The van der Waals surface area contributed by atoms with Crippen molar-refractivity contribution in [1.82, 2.24) is 9.88 Å². The highest BCUT2D eigenvalue weighted by Crippen LogP contribution is 2.43. The lowest BCUT2D eigenvalue weighted by atomic mass is 10.0. The maximum atomic E-state index is 13.4. The number of β-lactam (4-membered cyclic amide) rings is 1. The van der Waals surface area contributed by atoms with Crippen LogP contribution in [-0.2, 0) is 24.2 Å². The van der Waals surface area contributed by atoms with Crippen LogP contribution in [0.5, 0.6) is 0 Å². The molecule has 1 fully saturated rings. The lowest BCUT2D eigenvalue weighted by molar-refractivity contribution is -0.149. The van der Waals surface area contributed by atoms with Gasteiger partial charge in [-0.05, 0) is 29.3 Å². The Hall–Kier alpha value is -3.56. The number of esters is 1. The summed E-state index contributed by atoms with van der Waals surface area (Å²) in [6.07, 6.45) is 2.25. The first-order valence-electron chi connectivity index (χ1n) is 10.7. The number of hydrogen-bond acceptors (Lipinski definition) is 6. The number of aromatic nitrogens is 1. The van der Waals surface area contributed by atoms with Gasteiger partial charge in [-0.25, -0.2) is 13.2 Å². The van der Waals surface area contributed by atoms with Crippen molar-refractivity contribution in [3.8, 4) is 0 Å². The normalized spacial score (nSPS) is 19.9. The molecule has 0 N–H and O–H groups in total. The van der Waals surface area contributed by atoms with E-state index in [0.29, 0.717) is 5.69 Å². The van der Waals surface area contributed by atoms with Gasteiger partial charge >= 0.3 is 5.97 Å². The van der Waals surface area contributed by atoms with Crippen molar-refractivity contribution >= 4 is 43.7 Å². The first-order valence-corrected chi connectivity index (χ1v) is 13.2. The molecule has 7 nitrogen and oxygen atoms in total. The number of nitrogens with zero attached hydrogens (tertiary/aromatic N) is 2. The van der Waals surface area contributed by atoms with Crippen molar-refractivity contribution in [1.29, 1.82) is 0 Å². The monoisotopic (exact) mass is 550 g/mol. The summed E-state index contributed by atoms with van der Waals surface area (Å²) in [6.45, 7) is 0. The number of ether oxygens (including phenoxy) is 1. The second-order valence-electron chi connectivity index (χ2n) is 8.05. The molecule has 9 heteroatoms. The molecular weight excluding hydrogens is 532 g/mol. The molecule has 1 amide bonds. The third kappa shape index (κ3) is 4.33. The van der Waals surface area contributed by atoms with Gasteiger partial charge in [0.05, 0.1) is 17.0 Å². The van der Waals surface area contributed by atoms with Crippen LogP contribution in [0.25, 0.3) is 6.08 Å². The van der Waals surface area contributed by atoms with Gasteiger partial charge in [-0.2, -0.15) is 0 Å². The number of carbonyl (C=O) groups is 2. The molecule has 1 atom stereocenters. The highest BCUT2D eigenvalue weighted by Gasteiger charge is 2.56. The number of carbonyl (C=O) groups excluding carboxylic acids is 2. The molecule has 0 bridgehead atoms. The zero-order chi connectivity index (χ0) is 24.6. The van der Waals surface area contributed by atoms with Crippen LogP contribution in [0.15, 0.2) is 101 Å². The molecule has 0 spiro atoms. The van der Waals surface area contributed by atoms with Gasteiger partial charge in [-0.15, -0.1) is 0 Å². The quantitative estimate of drug-likeness (QED) is 0.271. The molecular formula is C26H19BrN2O5S. The molecule has 3 aromatic rings. The third-order valence-electron chi connectivity index (χ3n) is 5.75. The second kappa shape index (κ2) is 9.24. The number of amides is 1. The van der Waals surface area contributed by atoms with E-state index in [1.807, 2.05) is 60.7 Å². The number of halogens is 1. The first kappa shape index (κ1) is 23.2. The SMILES string of the molecule is O=C(OC(c1ccccc1)c1ccccc1)C1=C(Br)CS(=O)(=O)[C@@H]2/C(=C\c3ccccn3)C(=O)N12. The minimum Gasteiger partial charge on any atom is -0.448 e. The lowest BCUT2D eigenvalue weighted by Crippen LogP contribution is -2.62. The van der Waals surface area contributed by atoms with Crippen molar-refractivity contribution in [2.45, 2.75) is 11.5 Å². The van der Waals surface area contributed by atoms with E-state index in [2.05, 4.69) is 20.9 Å². The second-order valence-corrected chi connectivity index (χ2v) is 11.1. The van der Waals surface area contributed by atoms with E-state index in [-0.39, 0.29) is 15.8 Å². The fraction of sp³-hybridized carbons (Fsp3) is 0.115. The number of pyridine rings is 1. The van der Waals surface area contributed by atoms with Crippen LogP contribution in [0.2, 0.25) is 0 Å². The van der Waals surface area contributed by atoms with E-state index in [0.717, 1.165) is 16.0 Å². The van der Waals surface area contributed by atoms with Crippen LogP contribution < -0.4 is 0 Å². The van der Waals surface area contributed by atoms with Gasteiger partial charge in [0.15, 0.2) is 21.3 Å². The minimum absolute atomic E-state index is 0.0664. The zero-order valence-corrected chi connectivity index (χ0v) is 20.6. The molecule has 2 aliphatic rings. The maximum absolute atomic E-state index is 13.4. The molecule has 176 valence electrons. The Morgan fingerprint density at radius 3 is 2.17 bits per heavy atom. The predicted octanol–water partition coefficient (Wildman–Crippen LogP) is 4.00. The molecule has 1 aromatic heterocycles. The summed E-state index contributed by atoms with van der Waals surface area (Å²) >= 11 is 3.22. The Morgan fingerprint density at radius 2 is 1.60 bits per heavy atom. The van der Waals surface area contributed by atoms with Gasteiger partial charge < -0.3 is 4.74 Å². The average Bonchev–Trinajstić information content (AvgIpc) is 2.86. The zero-order valence-electron chi connectivity index (χ0n) is 18.2. The molecule has 5 rings (SSSR count). The summed E-state index contributed by atoms with van der Waals surface area (Å²) in [6, 6.07) is 23.6. The Balaban J connectivity index is 1.50. The maximum Gasteiger partial charge on any atom is 0.356 e. The van der Waals surface area contributed by atoms with Crippen molar-refractivity contribution in [2.75, 3.05) is 5.75 Å². The topological polar surface area (TPSA) is 93.6 Å². The van der Waals surface area contributed by atoms with E-state index in [4.69, 9.17) is 4.74 Å². The van der Waals surface area contributed by atoms with E-state index in [1.54, 1.807) is 24.4 Å². The van der Waals surface area contributed by atoms with E-state index in [1.165, 1.54) is 6.08 Å². The molecule has 3 heterocycles. The predicted molar refractivity (Wildman–Crippen MR) is 133 cm³/mol. The van der Waals surface area contributed by atoms with Crippen LogP contribution in [0.3, 0.4) is 0 Å². The average molecular weight is 551 g/mol. The first-order chi connectivity index (χ1) is 16.9. The van der Waals surface area contributed by atoms with E-state index >= 15 is 0 Å². The van der Waals surface area contributed by atoms with Gasteiger partial charge in [-0.1, -0.05) is 82.7 Å². The molecule has 0 saturated carbocycles. The van der Waals surface area contributed by atoms with E-state index in [9.17, 15) is 18.0 Å². The summed E-state index contributed by atoms with van der Waals surface area (Å²) in [5.41, 5.74) is 1.90. The Morgan fingerprint density at radius 1 is 1.00 bits per heavy atom. The fourth-order valence-corrected chi connectivity index (χ4v) is 7.20. The van der Waals surface area contributed by atoms with E-state index < -0.39 is 38.9 Å². The lowest BCUT2D eigenvalue weighted by Gasteiger charge is -2.45. The van der Waals surface area contributed by atoms with Crippen LogP contribution in [-0.4, -0.2) is 41.3 Å². The van der Waals surface area contributed by atoms with Crippen LogP contribution in [0, 0.1) is 0 Å². The number of benzene rings is 2. The van der Waals surface area contributed by atoms with Crippen molar-refractivity contribution in [3.05, 3.63) is 118 Å². The van der Waals surface area contributed by atoms with Gasteiger partial charge in [-0.3, -0.25) is 14.7 Å². The number of rotatable bonds is 5. The highest BCUT2D eigenvalue weighted by molar-refractivity contribution is 9.11. The minimum atomic E-state index is -3.78. The van der Waals surface area contributed by atoms with Crippen molar-refractivity contribution < 1.29 is 22.7 Å². The number of fused-ring (bicyclic) bond motifs is 1. The van der Waals surface area contributed by atoms with Gasteiger partial charge in [0.1, 0.15) is 5.70 Å². The summed E-state index contributed by atoms with van der Waals surface area (Å²) in [7, 11) is -3.78. The molecule has 2 aliphatic heterocycles. The molecule has 0 radical (unpaired) electrons. The summed E-state index contributed by atoms with van der Waals surface area (Å²) in [5.74, 6) is -1.80. The standard InChI is InChI=1S/C26H19BrN2O5S/c27-21-16-35(32,33)25-20(15-19-13-7-8-14-28-19)24(30)29(25)22(21)26(31)34-23(17-9-3-1-4-10-17)18-11-5-2-6-12-18/h1-15,23,25H,16H2/b20-15-/t25-/m1/s1. The molecule has 1 saturated heterocycles. The van der Waals surface area contributed by atoms with Gasteiger partial charge in [0, 0.05) is 10.7 Å². The molecule has 2 aromatic carbocycles.